The van der Waals surface area contributed by atoms with Gasteiger partial charge in [-0.15, -0.1) is 0 Å². The van der Waals surface area contributed by atoms with Crippen molar-refractivity contribution in [3.05, 3.63) is 30.1 Å². The van der Waals surface area contributed by atoms with Crippen LogP contribution in [0.4, 0.5) is 0 Å². The summed E-state index contributed by atoms with van der Waals surface area (Å²) in [7, 11) is 0. The largest absolute Gasteiger partial charge is 0.456 e. The quantitative estimate of drug-likeness (QED) is 0.328. The van der Waals surface area contributed by atoms with E-state index in [9.17, 15) is 14.4 Å². The fourth-order valence-electron chi connectivity index (χ4n) is 0.975. The van der Waals surface area contributed by atoms with E-state index >= 15 is 0 Å². The fourth-order valence-corrected chi connectivity index (χ4v) is 0.975. The van der Waals surface area contributed by atoms with Crippen LogP contribution >= 0.6 is 0 Å². The zero-order valence-electron chi connectivity index (χ0n) is 9.12. The number of pyridine rings is 1. The molecule has 0 atom stereocenters. The summed E-state index contributed by atoms with van der Waals surface area (Å²) >= 11 is 0. The van der Waals surface area contributed by atoms with E-state index in [0.29, 0.717) is 5.01 Å². The van der Waals surface area contributed by atoms with Crippen molar-refractivity contribution >= 4 is 17.8 Å². The molecule has 0 aliphatic heterocycles. The van der Waals surface area contributed by atoms with Crippen molar-refractivity contribution in [1.82, 2.24) is 9.99 Å². The minimum atomic E-state index is -0.811. The van der Waals surface area contributed by atoms with Gasteiger partial charge in [-0.25, -0.2) is 10.9 Å². The zero-order chi connectivity index (χ0) is 12.8. The summed E-state index contributed by atoms with van der Waals surface area (Å²) in [5, 5.41) is 0.389. The van der Waals surface area contributed by atoms with Gasteiger partial charge in [-0.2, -0.15) is 0 Å². The third-order valence-electron chi connectivity index (χ3n) is 1.79. The van der Waals surface area contributed by atoms with E-state index in [1.165, 1.54) is 24.5 Å². The highest BCUT2D eigenvalue weighted by molar-refractivity contribution is 6.04. The van der Waals surface area contributed by atoms with Gasteiger partial charge in [-0.05, 0) is 12.1 Å². The number of hydrogen-bond acceptors (Lipinski definition) is 6. The molecule has 0 bridgehead atoms. The number of carbonyl (C=O) groups excluding carboxylic acids is 3. The van der Waals surface area contributed by atoms with Gasteiger partial charge in [0, 0.05) is 19.3 Å². The molecule has 1 rings (SSSR count). The molecule has 17 heavy (non-hydrogen) atoms. The third-order valence-corrected chi connectivity index (χ3v) is 1.79. The Kier molecular flexibility index (Phi) is 4.29. The van der Waals surface area contributed by atoms with Crippen LogP contribution in [0.2, 0.25) is 0 Å². The number of ether oxygens (including phenoxy) is 1. The first-order valence-corrected chi connectivity index (χ1v) is 4.67. The lowest BCUT2D eigenvalue weighted by Crippen LogP contribution is -2.44. The maximum absolute atomic E-state index is 11.6. The first-order valence-electron chi connectivity index (χ1n) is 4.67. The van der Waals surface area contributed by atoms with Crippen LogP contribution in [0.3, 0.4) is 0 Å². The summed E-state index contributed by atoms with van der Waals surface area (Å²) in [5.41, 5.74) is 0.172. The van der Waals surface area contributed by atoms with Gasteiger partial charge >= 0.3 is 5.97 Å². The summed E-state index contributed by atoms with van der Waals surface area (Å²) in [6.45, 7) is 0.578. The van der Waals surface area contributed by atoms with Crippen LogP contribution in [0.1, 0.15) is 17.3 Å². The lowest BCUT2D eigenvalue weighted by atomic mass is 10.2. The molecule has 0 aliphatic carbocycles. The Labute approximate surface area is 97.1 Å². The highest BCUT2D eigenvalue weighted by Crippen LogP contribution is 2.00. The van der Waals surface area contributed by atoms with Crippen LogP contribution in [0.5, 0.6) is 0 Å². The number of hydrazine groups is 1. The van der Waals surface area contributed by atoms with E-state index in [4.69, 9.17) is 5.84 Å². The molecule has 1 aromatic rings. The van der Waals surface area contributed by atoms with Gasteiger partial charge in [0.05, 0.1) is 5.56 Å². The van der Waals surface area contributed by atoms with E-state index < -0.39 is 24.4 Å². The molecule has 1 heterocycles. The second kappa shape index (κ2) is 5.71. The molecule has 0 aromatic carbocycles. The number of imide groups is 1. The smallest absolute Gasteiger partial charge is 0.303 e. The molecule has 0 saturated heterocycles. The number of rotatable bonds is 3. The number of nitrogens with two attached hydrogens (primary N) is 1. The van der Waals surface area contributed by atoms with Gasteiger partial charge in [0.1, 0.15) is 0 Å². The minimum Gasteiger partial charge on any atom is -0.456 e. The summed E-state index contributed by atoms with van der Waals surface area (Å²) in [4.78, 5) is 37.2. The predicted molar refractivity (Wildman–Crippen MR) is 56.2 cm³/mol. The molecular formula is C10H11N3O4. The Hall–Kier alpha value is -2.28. The molecular weight excluding hydrogens is 226 g/mol. The second-order valence-corrected chi connectivity index (χ2v) is 3.09. The van der Waals surface area contributed by atoms with Gasteiger partial charge in [0.15, 0.2) is 6.61 Å². The van der Waals surface area contributed by atoms with Crippen LogP contribution in [0.25, 0.3) is 0 Å². The maximum atomic E-state index is 11.6. The average molecular weight is 237 g/mol. The first kappa shape index (κ1) is 12.8. The van der Waals surface area contributed by atoms with Crippen molar-refractivity contribution in [3.8, 4) is 0 Å². The van der Waals surface area contributed by atoms with E-state index in [-0.39, 0.29) is 5.56 Å². The molecule has 0 aliphatic rings. The molecule has 1 aromatic heterocycles. The van der Waals surface area contributed by atoms with Crippen LogP contribution in [-0.4, -0.2) is 34.4 Å². The molecule has 0 unspecified atom stereocenters. The van der Waals surface area contributed by atoms with E-state index in [1.807, 2.05) is 0 Å². The monoisotopic (exact) mass is 237 g/mol. The van der Waals surface area contributed by atoms with E-state index in [0.717, 1.165) is 6.92 Å². The lowest BCUT2D eigenvalue weighted by Gasteiger charge is -2.13. The number of carbonyl (C=O) groups is 3. The normalized spacial score (nSPS) is 9.53. The molecule has 0 saturated carbocycles. The van der Waals surface area contributed by atoms with Crippen LogP contribution in [-0.2, 0) is 14.3 Å². The van der Waals surface area contributed by atoms with Crippen molar-refractivity contribution in [2.45, 2.75) is 6.92 Å². The number of hydrogen-bond donors (Lipinski definition) is 1. The van der Waals surface area contributed by atoms with Crippen molar-refractivity contribution in [2.24, 2.45) is 5.84 Å². The van der Waals surface area contributed by atoms with Gasteiger partial charge < -0.3 is 4.74 Å². The van der Waals surface area contributed by atoms with Gasteiger partial charge in [0.2, 0.25) is 0 Å². The first-order chi connectivity index (χ1) is 8.02. The predicted octanol–water partition coefficient (Wildman–Crippen LogP) is -0.513. The maximum Gasteiger partial charge on any atom is 0.303 e. The Balaban J connectivity index is 2.64. The van der Waals surface area contributed by atoms with Gasteiger partial charge in [0.25, 0.3) is 11.8 Å². The van der Waals surface area contributed by atoms with Crippen LogP contribution in [0, 0.1) is 0 Å². The van der Waals surface area contributed by atoms with Crippen molar-refractivity contribution in [3.63, 3.8) is 0 Å². The number of esters is 1. The fraction of sp³-hybridized carbons (Fsp3) is 0.200. The topological polar surface area (TPSA) is 103 Å². The molecule has 7 nitrogen and oxygen atoms in total. The standard InChI is InChI=1S/C10H11N3O4/c1-7(14)17-6-9(15)13(11)10(16)8-3-2-4-12-5-8/h2-5H,6,11H2,1H3. The Morgan fingerprint density at radius 1 is 1.47 bits per heavy atom. The lowest BCUT2D eigenvalue weighted by molar-refractivity contribution is -0.149. The molecule has 7 heteroatoms. The van der Waals surface area contributed by atoms with Gasteiger partial charge in [-0.1, -0.05) is 0 Å². The summed E-state index contributed by atoms with van der Waals surface area (Å²) in [6.07, 6.45) is 2.76. The number of amides is 2. The Bertz CT molecular complexity index is 432. The minimum absolute atomic E-state index is 0.172. The summed E-state index contributed by atoms with van der Waals surface area (Å²) in [5.74, 6) is 3.15. The third kappa shape index (κ3) is 3.65. The van der Waals surface area contributed by atoms with Crippen LogP contribution in [0.15, 0.2) is 24.5 Å². The number of nitrogens with zero attached hydrogens (tertiary/aromatic N) is 2. The molecule has 0 fully saturated rings. The Morgan fingerprint density at radius 3 is 2.71 bits per heavy atom. The van der Waals surface area contributed by atoms with Crippen LogP contribution < -0.4 is 5.84 Å². The highest BCUT2D eigenvalue weighted by Gasteiger charge is 2.20. The summed E-state index contributed by atoms with van der Waals surface area (Å²) < 4.78 is 4.43. The molecule has 2 N–H and O–H groups in total. The second-order valence-electron chi connectivity index (χ2n) is 3.09. The highest BCUT2D eigenvalue weighted by atomic mass is 16.5. The molecule has 0 radical (unpaired) electrons. The molecule has 0 spiro atoms. The molecule has 90 valence electrons. The van der Waals surface area contributed by atoms with E-state index in [1.54, 1.807) is 0 Å². The Morgan fingerprint density at radius 2 is 2.18 bits per heavy atom. The van der Waals surface area contributed by atoms with Crippen molar-refractivity contribution in [2.75, 3.05) is 6.61 Å². The van der Waals surface area contributed by atoms with Crippen molar-refractivity contribution in [1.29, 1.82) is 0 Å². The van der Waals surface area contributed by atoms with Gasteiger partial charge in [-0.3, -0.25) is 19.4 Å². The molecule has 2 amide bonds. The van der Waals surface area contributed by atoms with Crippen molar-refractivity contribution < 1.29 is 19.1 Å². The number of aromatic nitrogens is 1. The SMILES string of the molecule is CC(=O)OCC(=O)N(N)C(=O)c1cccnc1. The van der Waals surface area contributed by atoms with E-state index in [2.05, 4.69) is 9.72 Å². The summed E-state index contributed by atoms with van der Waals surface area (Å²) in [6, 6.07) is 3.01. The zero-order valence-corrected chi connectivity index (χ0v) is 9.12. The average Bonchev–Trinajstić information content (AvgIpc) is 2.35.